The summed E-state index contributed by atoms with van der Waals surface area (Å²) in [5, 5.41) is 0. The van der Waals surface area contributed by atoms with Gasteiger partial charge in [-0.3, -0.25) is 9.59 Å². The van der Waals surface area contributed by atoms with Crippen molar-refractivity contribution in [2.45, 2.75) is 19.3 Å². The fourth-order valence-corrected chi connectivity index (χ4v) is 2.32. The molecule has 1 aliphatic heterocycles. The largest absolute Gasteiger partial charge is 0.341 e. The van der Waals surface area contributed by atoms with E-state index < -0.39 is 0 Å². The van der Waals surface area contributed by atoms with E-state index in [9.17, 15) is 9.59 Å². The van der Waals surface area contributed by atoms with Crippen LogP contribution in [-0.4, -0.2) is 48.3 Å². The molecule has 4 heteroatoms. The summed E-state index contributed by atoms with van der Waals surface area (Å²) >= 11 is 0. The Balaban J connectivity index is 1.91. The first kappa shape index (κ1) is 13.6. The number of rotatable bonds is 3. The van der Waals surface area contributed by atoms with E-state index in [-0.39, 0.29) is 18.4 Å². The lowest BCUT2D eigenvalue weighted by molar-refractivity contribution is -0.132. The molecule has 0 atom stereocenters. The van der Waals surface area contributed by atoms with Gasteiger partial charge in [0, 0.05) is 25.7 Å². The van der Waals surface area contributed by atoms with Gasteiger partial charge in [0.1, 0.15) is 0 Å². The molecule has 19 heavy (non-hydrogen) atoms. The molecule has 1 fully saturated rings. The quantitative estimate of drug-likeness (QED) is 0.831. The SMILES string of the molecule is CN(CC(=O)N1CCCCC1)C(=O)c1ccccc1. The number of hydrogen-bond donors (Lipinski definition) is 0. The Morgan fingerprint density at radius 2 is 1.74 bits per heavy atom. The van der Waals surface area contributed by atoms with Gasteiger partial charge >= 0.3 is 0 Å². The van der Waals surface area contributed by atoms with E-state index >= 15 is 0 Å². The number of benzene rings is 1. The van der Waals surface area contributed by atoms with Crippen molar-refractivity contribution in [3.63, 3.8) is 0 Å². The summed E-state index contributed by atoms with van der Waals surface area (Å²) < 4.78 is 0. The molecule has 102 valence electrons. The molecule has 0 N–H and O–H groups in total. The fraction of sp³-hybridized carbons (Fsp3) is 0.467. The van der Waals surface area contributed by atoms with E-state index in [1.807, 2.05) is 23.1 Å². The van der Waals surface area contributed by atoms with Gasteiger partial charge in [-0.1, -0.05) is 18.2 Å². The van der Waals surface area contributed by atoms with Gasteiger partial charge in [0.05, 0.1) is 6.54 Å². The fourth-order valence-electron chi connectivity index (χ4n) is 2.32. The molecule has 0 radical (unpaired) electrons. The number of hydrogen-bond acceptors (Lipinski definition) is 2. The molecule has 0 saturated carbocycles. The third-order valence-corrected chi connectivity index (χ3v) is 3.45. The lowest BCUT2D eigenvalue weighted by Crippen LogP contribution is -2.43. The standard InChI is InChI=1S/C15H20N2O2/c1-16(15(19)13-8-4-2-5-9-13)12-14(18)17-10-6-3-7-11-17/h2,4-5,8-9H,3,6-7,10-12H2,1H3. The van der Waals surface area contributed by atoms with Gasteiger partial charge in [-0.2, -0.15) is 0 Å². The normalized spacial score (nSPS) is 15.1. The molecule has 1 aromatic carbocycles. The maximum Gasteiger partial charge on any atom is 0.254 e. The van der Waals surface area contributed by atoms with Gasteiger partial charge in [-0.05, 0) is 31.4 Å². The van der Waals surface area contributed by atoms with Crippen LogP contribution in [0.15, 0.2) is 30.3 Å². The highest BCUT2D eigenvalue weighted by Gasteiger charge is 2.20. The van der Waals surface area contributed by atoms with Gasteiger partial charge in [0.25, 0.3) is 5.91 Å². The molecule has 1 heterocycles. The van der Waals surface area contributed by atoms with Gasteiger partial charge in [-0.15, -0.1) is 0 Å². The Morgan fingerprint density at radius 3 is 2.37 bits per heavy atom. The summed E-state index contributed by atoms with van der Waals surface area (Å²) in [5.74, 6) is -0.0579. The Morgan fingerprint density at radius 1 is 1.11 bits per heavy atom. The summed E-state index contributed by atoms with van der Waals surface area (Å²) in [5.41, 5.74) is 0.622. The number of nitrogens with zero attached hydrogens (tertiary/aromatic N) is 2. The van der Waals surface area contributed by atoms with E-state index in [1.165, 1.54) is 11.3 Å². The number of carbonyl (C=O) groups is 2. The monoisotopic (exact) mass is 260 g/mol. The van der Waals surface area contributed by atoms with E-state index in [0.717, 1.165) is 25.9 Å². The molecule has 0 spiro atoms. The van der Waals surface area contributed by atoms with Crippen molar-refractivity contribution in [3.05, 3.63) is 35.9 Å². The minimum absolute atomic E-state index is 0.0477. The summed E-state index contributed by atoms with van der Waals surface area (Å²) in [7, 11) is 1.68. The smallest absolute Gasteiger partial charge is 0.254 e. The second-order valence-electron chi connectivity index (χ2n) is 4.97. The van der Waals surface area contributed by atoms with E-state index in [2.05, 4.69) is 0 Å². The first-order chi connectivity index (χ1) is 9.18. The Bertz CT molecular complexity index is 439. The van der Waals surface area contributed by atoms with Gasteiger partial charge in [0.2, 0.25) is 5.91 Å². The Labute approximate surface area is 114 Å². The van der Waals surface area contributed by atoms with Crippen LogP contribution in [0.25, 0.3) is 0 Å². The van der Waals surface area contributed by atoms with Crippen LogP contribution >= 0.6 is 0 Å². The topological polar surface area (TPSA) is 40.6 Å². The zero-order valence-corrected chi connectivity index (χ0v) is 11.3. The van der Waals surface area contributed by atoms with Crippen LogP contribution in [0.1, 0.15) is 29.6 Å². The first-order valence-corrected chi connectivity index (χ1v) is 6.77. The second-order valence-corrected chi connectivity index (χ2v) is 4.97. The molecule has 1 aromatic rings. The summed E-state index contributed by atoms with van der Waals surface area (Å²) in [6.07, 6.45) is 3.34. The Kier molecular flexibility index (Phi) is 4.55. The molecule has 1 aliphatic rings. The number of likely N-dealkylation sites (N-methyl/N-ethyl adjacent to an activating group) is 1. The van der Waals surface area contributed by atoms with Crippen molar-refractivity contribution in [2.24, 2.45) is 0 Å². The zero-order chi connectivity index (χ0) is 13.7. The maximum absolute atomic E-state index is 12.1. The molecular weight excluding hydrogens is 240 g/mol. The van der Waals surface area contributed by atoms with Gasteiger partial charge in [0.15, 0.2) is 0 Å². The molecule has 2 rings (SSSR count). The van der Waals surface area contributed by atoms with Crippen molar-refractivity contribution in [2.75, 3.05) is 26.7 Å². The summed E-state index contributed by atoms with van der Waals surface area (Å²) in [6.45, 7) is 1.81. The second kappa shape index (κ2) is 6.36. The third kappa shape index (κ3) is 3.56. The van der Waals surface area contributed by atoms with Crippen molar-refractivity contribution >= 4 is 11.8 Å². The van der Waals surface area contributed by atoms with Crippen molar-refractivity contribution in [1.82, 2.24) is 9.80 Å². The zero-order valence-electron chi connectivity index (χ0n) is 11.3. The predicted octanol–water partition coefficient (Wildman–Crippen LogP) is 1.77. The Hall–Kier alpha value is -1.84. The minimum atomic E-state index is -0.106. The van der Waals surface area contributed by atoms with E-state index in [1.54, 1.807) is 19.2 Å². The van der Waals surface area contributed by atoms with Crippen LogP contribution in [-0.2, 0) is 4.79 Å². The lowest BCUT2D eigenvalue weighted by Gasteiger charge is -2.28. The highest BCUT2D eigenvalue weighted by Crippen LogP contribution is 2.10. The van der Waals surface area contributed by atoms with Crippen LogP contribution in [0.3, 0.4) is 0 Å². The van der Waals surface area contributed by atoms with Crippen LogP contribution in [0, 0.1) is 0 Å². The average molecular weight is 260 g/mol. The average Bonchev–Trinajstić information content (AvgIpc) is 2.48. The molecule has 2 amide bonds. The van der Waals surface area contributed by atoms with Gasteiger partial charge in [-0.25, -0.2) is 0 Å². The van der Waals surface area contributed by atoms with Crippen LogP contribution in [0.5, 0.6) is 0 Å². The number of likely N-dealkylation sites (tertiary alicyclic amines) is 1. The first-order valence-electron chi connectivity index (χ1n) is 6.77. The predicted molar refractivity (Wildman–Crippen MR) is 73.8 cm³/mol. The molecule has 0 aliphatic carbocycles. The van der Waals surface area contributed by atoms with E-state index in [0.29, 0.717) is 5.56 Å². The van der Waals surface area contributed by atoms with Crippen molar-refractivity contribution in [1.29, 1.82) is 0 Å². The number of carbonyl (C=O) groups excluding carboxylic acids is 2. The van der Waals surface area contributed by atoms with Crippen molar-refractivity contribution in [3.8, 4) is 0 Å². The van der Waals surface area contributed by atoms with Gasteiger partial charge < -0.3 is 9.80 Å². The highest BCUT2D eigenvalue weighted by atomic mass is 16.2. The molecule has 0 bridgehead atoms. The number of amides is 2. The number of piperidine rings is 1. The molecular formula is C15H20N2O2. The van der Waals surface area contributed by atoms with Crippen LogP contribution in [0.4, 0.5) is 0 Å². The van der Waals surface area contributed by atoms with Crippen LogP contribution < -0.4 is 0 Å². The third-order valence-electron chi connectivity index (χ3n) is 3.45. The molecule has 0 unspecified atom stereocenters. The van der Waals surface area contributed by atoms with Crippen LogP contribution in [0.2, 0.25) is 0 Å². The molecule has 4 nitrogen and oxygen atoms in total. The highest BCUT2D eigenvalue weighted by molar-refractivity contribution is 5.96. The minimum Gasteiger partial charge on any atom is -0.341 e. The summed E-state index contributed by atoms with van der Waals surface area (Å²) in [6, 6.07) is 9.06. The van der Waals surface area contributed by atoms with E-state index in [4.69, 9.17) is 0 Å². The van der Waals surface area contributed by atoms with Crippen molar-refractivity contribution < 1.29 is 9.59 Å². The molecule has 1 saturated heterocycles. The molecule has 0 aromatic heterocycles. The maximum atomic E-state index is 12.1. The summed E-state index contributed by atoms with van der Waals surface area (Å²) in [4.78, 5) is 27.5. The lowest BCUT2D eigenvalue weighted by atomic mass is 10.1.